The number of nitrogens with zero attached hydrogens (tertiary/aromatic N) is 2. The smallest absolute Gasteiger partial charge is 0.234 e. The van der Waals surface area contributed by atoms with E-state index in [2.05, 4.69) is 5.32 Å². The average Bonchev–Trinajstić information content (AvgIpc) is 2.75. The number of carbonyl (C=O) groups excluding carboxylic acids is 1. The monoisotopic (exact) mass is 341 g/mol. The Bertz CT molecular complexity index is 616. The van der Waals surface area contributed by atoms with Crippen LogP contribution in [0, 0.1) is 11.3 Å². The fourth-order valence-corrected chi connectivity index (χ4v) is 3.39. The standard InChI is InChI=1S/C15H17Cl2N3O2/c1-20(8-14(22)19-4-2-3-18)15-11-5-9(16)6-12(17)10(11)7-13(15)21/h5-6,13,15,21H,2,4,7-8H2,1H3,(H,19,22)/t13-,15+/m1/s1. The van der Waals surface area contributed by atoms with Crippen molar-refractivity contribution < 1.29 is 9.90 Å². The van der Waals surface area contributed by atoms with E-state index in [-0.39, 0.29) is 24.9 Å². The molecule has 0 heterocycles. The van der Waals surface area contributed by atoms with Crippen LogP contribution in [0.3, 0.4) is 0 Å². The quantitative estimate of drug-likeness (QED) is 0.802. The molecular weight excluding hydrogens is 325 g/mol. The summed E-state index contributed by atoms with van der Waals surface area (Å²) < 4.78 is 0. The lowest BCUT2D eigenvalue weighted by atomic mass is 10.1. The van der Waals surface area contributed by atoms with Gasteiger partial charge in [-0.25, -0.2) is 0 Å². The van der Waals surface area contributed by atoms with Gasteiger partial charge < -0.3 is 10.4 Å². The maximum atomic E-state index is 11.8. The third kappa shape index (κ3) is 3.71. The van der Waals surface area contributed by atoms with Crippen LogP contribution >= 0.6 is 23.2 Å². The molecule has 2 atom stereocenters. The number of amides is 1. The van der Waals surface area contributed by atoms with Crippen LogP contribution in [0.25, 0.3) is 0 Å². The predicted molar refractivity (Wildman–Crippen MR) is 84.8 cm³/mol. The first-order valence-electron chi connectivity index (χ1n) is 6.93. The van der Waals surface area contributed by atoms with Gasteiger partial charge in [0.05, 0.1) is 31.2 Å². The molecule has 0 aromatic heterocycles. The number of fused-ring (bicyclic) bond motifs is 1. The highest BCUT2D eigenvalue weighted by Gasteiger charge is 2.36. The van der Waals surface area contributed by atoms with E-state index in [0.29, 0.717) is 23.0 Å². The van der Waals surface area contributed by atoms with Crippen molar-refractivity contribution in [3.8, 4) is 6.07 Å². The third-order valence-corrected chi connectivity index (χ3v) is 4.27. The zero-order chi connectivity index (χ0) is 16.3. The van der Waals surface area contributed by atoms with Gasteiger partial charge in [0.15, 0.2) is 0 Å². The molecule has 1 aromatic rings. The molecule has 0 unspecified atom stereocenters. The Labute approximate surface area is 139 Å². The Balaban J connectivity index is 2.10. The highest BCUT2D eigenvalue weighted by atomic mass is 35.5. The highest BCUT2D eigenvalue weighted by Crippen LogP contribution is 2.40. The maximum absolute atomic E-state index is 11.8. The zero-order valence-corrected chi connectivity index (χ0v) is 13.7. The van der Waals surface area contributed by atoms with Gasteiger partial charge in [0.2, 0.25) is 5.91 Å². The summed E-state index contributed by atoms with van der Waals surface area (Å²) in [5, 5.41) is 22.5. The summed E-state index contributed by atoms with van der Waals surface area (Å²) in [7, 11) is 1.77. The van der Waals surface area contributed by atoms with Crippen LogP contribution in [0.4, 0.5) is 0 Å². The molecule has 2 rings (SSSR count). The maximum Gasteiger partial charge on any atom is 0.234 e. The number of halogens is 2. The average molecular weight is 342 g/mol. The number of hydrogen-bond donors (Lipinski definition) is 2. The molecule has 7 heteroatoms. The van der Waals surface area contributed by atoms with Crippen molar-refractivity contribution in [2.75, 3.05) is 20.1 Å². The van der Waals surface area contributed by atoms with E-state index >= 15 is 0 Å². The molecule has 1 aliphatic rings. The summed E-state index contributed by atoms with van der Waals surface area (Å²) in [5.74, 6) is -0.188. The van der Waals surface area contributed by atoms with Gasteiger partial charge in [0, 0.05) is 23.0 Å². The SMILES string of the molecule is CN(CC(=O)NCCC#N)[C@H]1c2cc(Cl)cc(Cl)c2C[C@H]1O. The lowest BCUT2D eigenvalue weighted by Crippen LogP contribution is -2.39. The Morgan fingerprint density at radius 1 is 1.55 bits per heavy atom. The summed E-state index contributed by atoms with van der Waals surface area (Å²) >= 11 is 12.2. The molecule has 5 nitrogen and oxygen atoms in total. The van der Waals surface area contributed by atoms with Crippen LogP contribution in [0.15, 0.2) is 12.1 Å². The molecule has 1 aliphatic carbocycles. The van der Waals surface area contributed by atoms with E-state index in [1.165, 1.54) is 0 Å². The Morgan fingerprint density at radius 3 is 2.95 bits per heavy atom. The molecule has 0 aliphatic heterocycles. The fourth-order valence-electron chi connectivity index (χ4n) is 2.80. The van der Waals surface area contributed by atoms with E-state index < -0.39 is 6.10 Å². The summed E-state index contributed by atoms with van der Waals surface area (Å²) in [5.41, 5.74) is 1.73. The molecular formula is C15H17Cl2N3O2. The highest BCUT2D eigenvalue weighted by molar-refractivity contribution is 6.35. The molecule has 0 spiro atoms. The lowest BCUT2D eigenvalue weighted by Gasteiger charge is -2.27. The first-order chi connectivity index (χ1) is 10.4. The van der Waals surface area contributed by atoms with Crippen LogP contribution in [0.2, 0.25) is 10.0 Å². The molecule has 0 bridgehead atoms. The molecule has 2 N–H and O–H groups in total. The minimum Gasteiger partial charge on any atom is -0.391 e. The largest absolute Gasteiger partial charge is 0.391 e. The van der Waals surface area contributed by atoms with Crippen molar-refractivity contribution in [2.24, 2.45) is 0 Å². The van der Waals surface area contributed by atoms with Gasteiger partial charge in [-0.2, -0.15) is 5.26 Å². The Hall–Kier alpha value is -1.32. The van der Waals surface area contributed by atoms with Crippen LogP contribution in [0.5, 0.6) is 0 Å². The van der Waals surface area contributed by atoms with Crippen molar-refractivity contribution in [2.45, 2.75) is 25.0 Å². The van der Waals surface area contributed by atoms with Gasteiger partial charge >= 0.3 is 0 Å². The minimum atomic E-state index is -0.636. The van der Waals surface area contributed by atoms with Crippen molar-refractivity contribution in [3.63, 3.8) is 0 Å². The first kappa shape index (κ1) is 17.0. The molecule has 1 aromatic carbocycles. The summed E-state index contributed by atoms with van der Waals surface area (Å²) in [6, 6.07) is 5.08. The normalized spacial score (nSPS) is 19.8. The van der Waals surface area contributed by atoms with Crippen molar-refractivity contribution in [3.05, 3.63) is 33.3 Å². The second-order valence-electron chi connectivity index (χ2n) is 5.34. The Kier molecular flexibility index (Phi) is 5.65. The molecule has 0 saturated heterocycles. The number of aliphatic hydroxyl groups is 1. The first-order valence-corrected chi connectivity index (χ1v) is 7.69. The number of likely N-dealkylation sites (N-methyl/N-ethyl adjacent to an activating group) is 1. The van der Waals surface area contributed by atoms with Crippen molar-refractivity contribution >= 4 is 29.1 Å². The van der Waals surface area contributed by atoms with Crippen LogP contribution in [-0.4, -0.2) is 42.2 Å². The third-order valence-electron chi connectivity index (χ3n) is 3.72. The summed E-state index contributed by atoms with van der Waals surface area (Å²) in [6.45, 7) is 0.446. The minimum absolute atomic E-state index is 0.122. The number of hydrogen-bond acceptors (Lipinski definition) is 4. The number of carbonyl (C=O) groups is 1. The van der Waals surface area contributed by atoms with Crippen LogP contribution < -0.4 is 5.32 Å². The van der Waals surface area contributed by atoms with Gasteiger partial charge in [-0.3, -0.25) is 9.69 Å². The number of rotatable bonds is 5. The topological polar surface area (TPSA) is 76.4 Å². The van der Waals surface area contributed by atoms with Crippen molar-refractivity contribution in [1.29, 1.82) is 5.26 Å². The predicted octanol–water partition coefficient (Wildman–Crippen LogP) is 1.91. The molecule has 0 radical (unpaired) electrons. The van der Waals surface area contributed by atoms with Gasteiger partial charge in [-0.15, -0.1) is 0 Å². The van der Waals surface area contributed by atoms with E-state index in [4.69, 9.17) is 28.5 Å². The van der Waals surface area contributed by atoms with Crippen molar-refractivity contribution in [1.82, 2.24) is 10.2 Å². The van der Waals surface area contributed by atoms with E-state index in [9.17, 15) is 9.90 Å². The second-order valence-corrected chi connectivity index (χ2v) is 6.19. The van der Waals surface area contributed by atoms with Crippen LogP contribution in [0.1, 0.15) is 23.6 Å². The molecule has 0 fully saturated rings. The van der Waals surface area contributed by atoms with Crippen LogP contribution in [-0.2, 0) is 11.2 Å². The zero-order valence-electron chi connectivity index (χ0n) is 12.1. The lowest BCUT2D eigenvalue weighted by molar-refractivity contribution is -0.122. The summed E-state index contributed by atoms with van der Waals surface area (Å²) in [4.78, 5) is 13.6. The van der Waals surface area contributed by atoms with E-state index in [1.54, 1.807) is 24.1 Å². The molecule has 118 valence electrons. The van der Waals surface area contributed by atoms with Gasteiger partial charge in [0.1, 0.15) is 0 Å². The number of aliphatic hydroxyl groups excluding tert-OH is 1. The second kappa shape index (κ2) is 7.30. The molecule has 1 amide bonds. The number of benzene rings is 1. The molecule has 22 heavy (non-hydrogen) atoms. The number of nitrogens with one attached hydrogen (secondary N) is 1. The van der Waals surface area contributed by atoms with Gasteiger partial charge in [0.25, 0.3) is 0 Å². The fraction of sp³-hybridized carbons (Fsp3) is 0.467. The van der Waals surface area contributed by atoms with Gasteiger partial charge in [-0.1, -0.05) is 23.2 Å². The Morgan fingerprint density at radius 2 is 2.27 bits per heavy atom. The van der Waals surface area contributed by atoms with Gasteiger partial charge in [-0.05, 0) is 30.3 Å². The molecule has 0 saturated carbocycles. The van der Waals surface area contributed by atoms with E-state index in [0.717, 1.165) is 11.1 Å². The number of nitriles is 1. The summed E-state index contributed by atoms with van der Waals surface area (Å²) in [6.07, 6.45) is 0.0780. The van der Waals surface area contributed by atoms with E-state index in [1.807, 2.05) is 6.07 Å².